The van der Waals surface area contributed by atoms with Crippen LogP contribution >= 0.6 is 0 Å². The van der Waals surface area contributed by atoms with Crippen molar-refractivity contribution in [2.24, 2.45) is 5.73 Å². The van der Waals surface area contributed by atoms with Crippen molar-refractivity contribution >= 4 is 5.97 Å². The van der Waals surface area contributed by atoms with Gasteiger partial charge in [-0.1, -0.05) is 0 Å². The molecule has 6 heteroatoms. The van der Waals surface area contributed by atoms with Crippen LogP contribution < -0.4 is 5.73 Å². The summed E-state index contributed by atoms with van der Waals surface area (Å²) >= 11 is 0. The SMILES string of the molecule is NCC(C(=O)O)c1c(O)ccc(O)c1F. The zero-order chi connectivity index (χ0) is 11.6. The quantitative estimate of drug-likeness (QED) is 0.545. The first kappa shape index (κ1) is 11.3. The lowest BCUT2D eigenvalue weighted by molar-refractivity contribution is -0.138. The Hall–Kier alpha value is -1.82. The molecule has 1 atom stereocenters. The predicted molar refractivity (Wildman–Crippen MR) is 49.2 cm³/mol. The number of halogens is 1. The number of nitrogens with two attached hydrogens (primary N) is 1. The van der Waals surface area contributed by atoms with E-state index in [1.807, 2.05) is 0 Å². The highest BCUT2D eigenvalue weighted by atomic mass is 19.1. The molecule has 0 aliphatic heterocycles. The van der Waals surface area contributed by atoms with E-state index < -0.39 is 34.8 Å². The summed E-state index contributed by atoms with van der Waals surface area (Å²) in [5.41, 5.74) is 4.66. The zero-order valence-corrected chi connectivity index (χ0v) is 7.64. The van der Waals surface area contributed by atoms with Crippen LogP contribution in [0.5, 0.6) is 11.5 Å². The van der Waals surface area contributed by atoms with Crippen molar-refractivity contribution < 1.29 is 24.5 Å². The van der Waals surface area contributed by atoms with Crippen LogP contribution in [0.4, 0.5) is 4.39 Å². The van der Waals surface area contributed by atoms with Crippen LogP contribution in [0, 0.1) is 5.82 Å². The van der Waals surface area contributed by atoms with Crippen LogP contribution in [0.3, 0.4) is 0 Å². The Kier molecular flexibility index (Phi) is 3.11. The molecule has 0 aliphatic rings. The maximum Gasteiger partial charge on any atom is 0.312 e. The summed E-state index contributed by atoms with van der Waals surface area (Å²) in [6.07, 6.45) is 0. The average Bonchev–Trinajstić information content (AvgIpc) is 2.18. The van der Waals surface area contributed by atoms with Crippen molar-refractivity contribution in [1.29, 1.82) is 0 Å². The van der Waals surface area contributed by atoms with Crippen LogP contribution in [-0.4, -0.2) is 27.8 Å². The molecule has 0 aromatic heterocycles. The summed E-state index contributed by atoms with van der Waals surface area (Å²) < 4.78 is 13.3. The number of benzene rings is 1. The highest BCUT2D eigenvalue weighted by Gasteiger charge is 2.26. The molecule has 0 spiro atoms. The molecule has 0 bridgehead atoms. The Morgan fingerprint density at radius 2 is 1.93 bits per heavy atom. The van der Waals surface area contributed by atoms with Gasteiger partial charge in [-0.15, -0.1) is 0 Å². The first-order valence-electron chi connectivity index (χ1n) is 4.12. The van der Waals surface area contributed by atoms with E-state index in [9.17, 15) is 14.3 Å². The lowest BCUT2D eigenvalue weighted by Gasteiger charge is -2.13. The van der Waals surface area contributed by atoms with Crippen LogP contribution in [0.25, 0.3) is 0 Å². The third-order valence-electron chi connectivity index (χ3n) is 2.02. The lowest BCUT2D eigenvalue weighted by atomic mass is 9.97. The van der Waals surface area contributed by atoms with Gasteiger partial charge in [-0.2, -0.15) is 0 Å². The molecule has 0 heterocycles. The second-order valence-corrected chi connectivity index (χ2v) is 2.96. The number of rotatable bonds is 3. The predicted octanol–water partition coefficient (Wildman–Crippen LogP) is 0.364. The minimum atomic E-state index is -1.38. The summed E-state index contributed by atoms with van der Waals surface area (Å²) in [7, 11) is 0. The number of aliphatic carboxylic acids is 1. The van der Waals surface area contributed by atoms with Crippen molar-refractivity contribution in [3.8, 4) is 11.5 Å². The molecule has 5 N–H and O–H groups in total. The van der Waals surface area contributed by atoms with Gasteiger partial charge in [0.05, 0.1) is 0 Å². The van der Waals surface area contributed by atoms with Gasteiger partial charge in [-0.25, -0.2) is 4.39 Å². The number of carboxylic acids is 1. The molecule has 0 saturated heterocycles. The molecule has 0 aliphatic carbocycles. The van der Waals surface area contributed by atoms with Crippen molar-refractivity contribution in [2.45, 2.75) is 5.92 Å². The number of phenolic OH excluding ortho intramolecular Hbond substituents is 2. The number of hydrogen-bond acceptors (Lipinski definition) is 4. The fraction of sp³-hybridized carbons (Fsp3) is 0.222. The number of phenols is 2. The van der Waals surface area contributed by atoms with Gasteiger partial charge in [0.2, 0.25) is 0 Å². The molecular formula is C9H10FNO4. The minimum absolute atomic E-state index is 0.372. The summed E-state index contributed by atoms with van der Waals surface area (Å²) in [5, 5.41) is 27.1. The van der Waals surface area contributed by atoms with E-state index in [0.717, 1.165) is 12.1 Å². The highest BCUT2D eigenvalue weighted by molar-refractivity contribution is 5.78. The molecule has 1 aromatic carbocycles. The highest BCUT2D eigenvalue weighted by Crippen LogP contribution is 2.33. The maximum absolute atomic E-state index is 13.3. The Bertz CT molecular complexity index is 394. The average molecular weight is 215 g/mol. The van der Waals surface area contributed by atoms with Crippen LogP contribution in [0.15, 0.2) is 12.1 Å². The van der Waals surface area contributed by atoms with Gasteiger partial charge in [0, 0.05) is 12.1 Å². The normalized spacial score (nSPS) is 12.4. The second-order valence-electron chi connectivity index (χ2n) is 2.96. The van der Waals surface area contributed by atoms with E-state index in [-0.39, 0.29) is 6.54 Å². The molecule has 5 nitrogen and oxygen atoms in total. The van der Waals surface area contributed by atoms with E-state index in [0.29, 0.717) is 0 Å². The first-order valence-corrected chi connectivity index (χ1v) is 4.12. The van der Waals surface area contributed by atoms with Crippen LogP contribution in [0.2, 0.25) is 0 Å². The second kappa shape index (κ2) is 4.14. The maximum atomic E-state index is 13.3. The van der Waals surface area contributed by atoms with E-state index in [4.69, 9.17) is 15.9 Å². The molecule has 1 aromatic rings. The number of carbonyl (C=O) groups is 1. The molecular weight excluding hydrogens is 205 g/mol. The molecule has 0 saturated carbocycles. The topological polar surface area (TPSA) is 104 Å². The van der Waals surface area contributed by atoms with Gasteiger partial charge in [-0.05, 0) is 12.1 Å². The molecule has 1 unspecified atom stereocenters. The first-order chi connectivity index (χ1) is 6.99. The van der Waals surface area contributed by atoms with E-state index >= 15 is 0 Å². The lowest BCUT2D eigenvalue weighted by Crippen LogP contribution is -2.22. The number of carboxylic acid groups (broad SMARTS) is 1. The number of aromatic hydroxyl groups is 2. The Labute approximate surface area is 84.6 Å². The Balaban J connectivity index is 3.34. The monoisotopic (exact) mass is 215 g/mol. The van der Waals surface area contributed by atoms with E-state index in [1.165, 1.54) is 0 Å². The van der Waals surface area contributed by atoms with Crippen molar-refractivity contribution in [3.63, 3.8) is 0 Å². The largest absolute Gasteiger partial charge is 0.508 e. The molecule has 1 rings (SSSR count). The van der Waals surface area contributed by atoms with Crippen LogP contribution in [0.1, 0.15) is 11.5 Å². The van der Waals surface area contributed by atoms with E-state index in [2.05, 4.69) is 0 Å². The van der Waals surface area contributed by atoms with Crippen molar-refractivity contribution in [1.82, 2.24) is 0 Å². The molecule has 15 heavy (non-hydrogen) atoms. The Morgan fingerprint density at radius 1 is 1.40 bits per heavy atom. The van der Waals surface area contributed by atoms with Crippen LogP contribution in [-0.2, 0) is 4.79 Å². The third-order valence-corrected chi connectivity index (χ3v) is 2.02. The van der Waals surface area contributed by atoms with Crippen molar-refractivity contribution in [3.05, 3.63) is 23.5 Å². The molecule has 0 fully saturated rings. The smallest absolute Gasteiger partial charge is 0.312 e. The van der Waals surface area contributed by atoms with Gasteiger partial charge >= 0.3 is 5.97 Å². The standard InChI is InChI=1S/C9H10FNO4/c10-8-6(13)2-1-5(12)7(8)4(3-11)9(14)15/h1-2,4,12-13H,3,11H2,(H,14,15). The van der Waals surface area contributed by atoms with Crippen molar-refractivity contribution in [2.75, 3.05) is 6.54 Å². The number of hydrogen-bond donors (Lipinski definition) is 4. The Morgan fingerprint density at radius 3 is 2.40 bits per heavy atom. The summed E-state index contributed by atoms with van der Waals surface area (Å²) in [6.45, 7) is -0.372. The summed E-state index contributed by atoms with van der Waals surface area (Å²) in [5.74, 6) is -5.16. The summed E-state index contributed by atoms with van der Waals surface area (Å²) in [4.78, 5) is 10.7. The van der Waals surface area contributed by atoms with Gasteiger partial charge in [0.25, 0.3) is 0 Å². The van der Waals surface area contributed by atoms with Gasteiger partial charge < -0.3 is 21.1 Å². The zero-order valence-electron chi connectivity index (χ0n) is 7.64. The van der Waals surface area contributed by atoms with E-state index in [1.54, 1.807) is 0 Å². The molecule has 0 amide bonds. The fourth-order valence-electron chi connectivity index (χ4n) is 1.24. The minimum Gasteiger partial charge on any atom is -0.508 e. The third kappa shape index (κ3) is 1.99. The van der Waals surface area contributed by atoms with Gasteiger partial charge in [0.1, 0.15) is 11.7 Å². The fourth-order valence-corrected chi connectivity index (χ4v) is 1.24. The van der Waals surface area contributed by atoms with Gasteiger partial charge in [-0.3, -0.25) is 4.79 Å². The molecule has 82 valence electrons. The molecule has 0 radical (unpaired) electrons. The van der Waals surface area contributed by atoms with Gasteiger partial charge in [0.15, 0.2) is 11.6 Å². The summed E-state index contributed by atoms with van der Waals surface area (Å²) in [6, 6.07) is 1.95.